The van der Waals surface area contributed by atoms with Crippen molar-refractivity contribution in [1.29, 1.82) is 5.26 Å². The molecular weight excluding hydrogens is 351 g/mol. The molecule has 1 aliphatic heterocycles. The number of aromatic nitrogens is 1. The Balaban J connectivity index is 1.61. The topological polar surface area (TPSA) is 49.2 Å². The molecule has 0 N–H and O–H groups in total. The summed E-state index contributed by atoms with van der Waals surface area (Å²) in [6, 6.07) is 7.23. The highest BCUT2D eigenvalue weighted by atomic mass is 32.1. The van der Waals surface area contributed by atoms with Crippen LogP contribution in [0, 0.1) is 17.1 Å². The first kappa shape index (κ1) is 17.7. The molecule has 1 unspecified atom stereocenters. The van der Waals surface area contributed by atoms with Crippen molar-refractivity contribution >= 4 is 11.3 Å². The number of likely N-dealkylation sites (tertiary alicyclic amines) is 1. The van der Waals surface area contributed by atoms with Crippen LogP contribution in [0.3, 0.4) is 0 Å². The summed E-state index contributed by atoms with van der Waals surface area (Å²) in [6.45, 7) is 1.12. The molecular formula is C17H16F3N3OS. The van der Waals surface area contributed by atoms with E-state index in [9.17, 15) is 18.4 Å². The fraction of sp³-hybridized carbons (Fsp3) is 0.412. The maximum Gasteiger partial charge on any atom is 0.281 e. The van der Waals surface area contributed by atoms with Crippen LogP contribution in [0.4, 0.5) is 13.2 Å². The lowest BCUT2D eigenvalue weighted by Crippen LogP contribution is -2.40. The van der Waals surface area contributed by atoms with Crippen molar-refractivity contribution in [3.05, 3.63) is 46.2 Å². The van der Waals surface area contributed by atoms with Crippen molar-refractivity contribution in [2.75, 3.05) is 13.1 Å². The molecule has 0 radical (unpaired) electrons. The van der Waals surface area contributed by atoms with Gasteiger partial charge in [-0.05, 0) is 37.1 Å². The van der Waals surface area contributed by atoms with Crippen LogP contribution in [0.15, 0.2) is 29.8 Å². The van der Waals surface area contributed by atoms with Gasteiger partial charge in [0.25, 0.3) is 6.43 Å². The van der Waals surface area contributed by atoms with Gasteiger partial charge in [0, 0.05) is 13.1 Å². The van der Waals surface area contributed by atoms with E-state index in [2.05, 4.69) is 11.1 Å². The van der Waals surface area contributed by atoms with Gasteiger partial charge in [-0.1, -0.05) is 0 Å². The van der Waals surface area contributed by atoms with E-state index in [4.69, 9.17) is 4.74 Å². The van der Waals surface area contributed by atoms with Crippen molar-refractivity contribution in [2.45, 2.75) is 31.4 Å². The van der Waals surface area contributed by atoms with Gasteiger partial charge < -0.3 is 4.74 Å². The highest BCUT2D eigenvalue weighted by molar-refractivity contribution is 7.09. The molecule has 1 aromatic carbocycles. The maximum atomic E-state index is 13.0. The summed E-state index contributed by atoms with van der Waals surface area (Å²) < 4.78 is 44.8. The van der Waals surface area contributed by atoms with E-state index < -0.39 is 12.5 Å². The van der Waals surface area contributed by atoms with E-state index in [1.807, 2.05) is 4.90 Å². The van der Waals surface area contributed by atoms with E-state index in [1.165, 1.54) is 17.6 Å². The van der Waals surface area contributed by atoms with Gasteiger partial charge in [0.05, 0.1) is 16.5 Å². The zero-order valence-corrected chi connectivity index (χ0v) is 14.1. The first-order valence-electron chi connectivity index (χ1n) is 7.86. The van der Waals surface area contributed by atoms with Crippen molar-refractivity contribution in [3.63, 3.8) is 0 Å². The third kappa shape index (κ3) is 4.11. The highest BCUT2D eigenvalue weighted by Gasteiger charge is 2.31. The Labute approximate surface area is 147 Å². The fourth-order valence-electron chi connectivity index (χ4n) is 2.90. The molecule has 0 spiro atoms. The number of alkyl halides is 2. The average Bonchev–Trinajstić information content (AvgIpc) is 3.09. The van der Waals surface area contributed by atoms with E-state index in [-0.39, 0.29) is 17.6 Å². The SMILES string of the molecule is N#CC(c1scnc1C(F)F)N1CCC(Oc2ccc(F)cc2)CC1. The molecule has 1 aromatic heterocycles. The normalized spacial score (nSPS) is 17.4. The van der Waals surface area contributed by atoms with Gasteiger partial charge in [0.15, 0.2) is 0 Å². The number of nitrogens with zero attached hydrogens (tertiary/aromatic N) is 3. The van der Waals surface area contributed by atoms with Crippen molar-refractivity contribution in [3.8, 4) is 11.8 Å². The van der Waals surface area contributed by atoms with Gasteiger partial charge in [-0.15, -0.1) is 11.3 Å². The third-order valence-corrected chi connectivity index (χ3v) is 5.06. The largest absolute Gasteiger partial charge is 0.490 e. The van der Waals surface area contributed by atoms with Crippen molar-refractivity contribution in [2.24, 2.45) is 0 Å². The number of thiazole rings is 1. The summed E-state index contributed by atoms with van der Waals surface area (Å²) in [5.74, 6) is 0.276. The van der Waals surface area contributed by atoms with Gasteiger partial charge in [0.1, 0.15) is 29.4 Å². The minimum absolute atomic E-state index is 0.0444. The molecule has 1 aliphatic rings. The van der Waals surface area contributed by atoms with Crippen LogP contribution in [0.5, 0.6) is 5.75 Å². The zero-order valence-electron chi connectivity index (χ0n) is 13.2. The number of ether oxygens (including phenoxy) is 1. The summed E-state index contributed by atoms with van der Waals surface area (Å²) >= 11 is 1.09. The second kappa shape index (κ2) is 7.85. The van der Waals surface area contributed by atoms with Gasteiger partial charge >= 0.3 is 0 Å². The van der Waals surface area contributed by atoms with Gasteiger partial charge in [-0.2, -0.15) is 5.26 Å². The summed E-state index contributed by atoms with van der Waals surface area (Å²) in [5, 5.41) is 9.46. The number of halogens is 3. The van der Waals surface area contributed by atoms with Gasteiger partial charge in [-0.3, -0.25) is 4.90 Å². The van der Waals surface area contributed by atoms with Crippen LogP contribution in [0.1, 0.15) is 35.9 Å². The number of nitriles is 1. The molecule has 3 rings (SSSR count). The molecule has 0 saturated carbocycles. The number of rotatable bonds is 5. The molecule has 0 aliphatic carbocycles. The molecule has 25 heavy (non-hydrogen) atoms. The van der Waals surface area contributed by atoms with Crippen molar-refractivity contribution in [1.82, 2.24) is 9.88 Å². The maximum absolute atomic E-state index is 13.0. The first-order valence-corrected chi connectivity index (χ1v) is 8.73. The molecule has 1 saturated heterocycles. The number of hydrogen-bond donors (Lipinski definition) is 0. The van der Waals surface area contributed by atoms with E-state index >= 15 is 0 Å². The molecule has 2 aromatic rings. The standard InChI is InChI=1S/C17H16F3N3OS/c18-11-1-3-12(4-2-11)24-13-5-7-23(8-6-13)14(9-21)16-15(17(19)20)22-10-25-16/h1-4,10,13-14,17H,5-8H2. The molecule has 8 heteroatoms. The van der Waals surface area contributed by atoms with E-state index in [0.29, 0.717) is 36.6 Å². The monoisotopic (exact) mass is 367 g/mol. The quantitative estimate of drug-likeness (QED) is 0.789. The molecule has 4 nitrogen and oxygen atoms in total. The minimum atomic E-state index is -2.68. The molecule has 1 fully saturated rings. The fourth-order valence-corrected chi connectivity index (χ4v) is 3.77. The number of piperidine rings is 1. The Hall–Kier alpha value is -2.11. The summed E-state index contributed by atoms with van der Waals surface area (Å²) in [4.78, 5) is 5.89. The van der Waals surface area contributed by atoms with Gasteiger partial charge in [0.2, 0.25) is 0 Å². The highest BCUT2D eigenvalue weighted by Crippen LogP contribution is 2.34. The number of benzene rings is 1. The Morgan fingerprint density at radius 1 is 1.24 bits per heavy atom. The Bertz CT molecular complexity index is 736. The lowest BCUT2D eigenvalue weighted by molar-refractivity contribution is 0.0866. The third-order valence-electron chi connectivity index (χ3n) is 4.16. The molecule has 0 bridgehead atoms. The smallest absolute Gasteiger partial charge is 0.281 e. The predicted octanol–water partition coefficient (Wildman–Crippen LogP) is 4.33. The van der Waals surface area contributed by atoms with Gasteiger partial charge in [-0.25, -0.2) is 18.2 Å². The lowest BCUT2D eigenvalue weighted by atomic mass is 10.0. The minimum Gasteiger partial charge on any atom is -0.490 e. The summed E-state index contributed by atoms with van der Waals surface area (Å²) in [7, 11) is 0. The first-order chi connectivity index (χ1) is 12.1. The molecule has 0 amide bonds. The van der Waals surface area contributed by atoms with Crippen LogP contribution >= 0.6 is 11.3 Å². The number of hydrogen-bond acceptors (Lipinski definition) is 5. The van der Waals surface area contributed by atoms with Crippen molar-refractivity contribution < 1.29 is 17.9 Å². The van der Waals surface area contributed by atoms with Crippen LogP contribution in [0.25, 0.3) is 0 Å². The van der Waals surface area contributed by atoms with Crippen LogP contribution in [0.2, 0.25) is 0 Å². The Morgan fingerprint density at radius 2 is 1.92 bits per heavy atom. The predicted molar refractivity (Wildman–Crippen MR) is 87.0 cm³/mol. The molecule has 2 heterocycles. The summed E-state index contributed by atoms with van der Waals surface area (Å²) in [6.07, 6.45) is -1.40. The molecule has 132 valence electrons. The van der Waals surface area contributed by atoms with Crippen LogP contribution in [-0.2, 0) is 0 Å². The summed E-state index contributed by atoms with van der Waals surface area (Å²) in [5.41, 5.74) is 1.05. The second-order valence-corrected chi connectivity index (χ2v) is 6.63. The van der Waals surface area contributed by atoms with E-state index in [1.54, 1.807) is 12.1 Å². The van der Waals surface area contributed by atoms with Crippen LogP contribution < -0.4 is 4.74 Å². The molecule has 1 atom stereocenters. The Morgan fingerprint density at radius 3 is 2.52 bits per heavy atom. The lowest BCUT2D eigenvalue weighted by Gasteiger charge is -2.34. The Kier molecular flexibility index (Phi) is 5.56. The van der Waals surface area contributed by atoms with E-state index in [0.717, 1.165) is 11.3 Å². The zero-order chi connectivity index (χ0) is 17.8. The second-order valence-electron chi connectivity index (χ2n) is 5.74. The van der Waals surface area contributed by atoms with Crippen LogP contribution in [-0.4, -0.2) is 29.1 Å². The average molecular weight is 367 g/mol.